The molecule has 1 saturated heterocycles. The van der Waals surface area contributed by atoms with Crippen LogP contribution in [-0.2, 0) is 16.1 Å². The van der Waals surface area contributed by atoms with E-state index < -0.39 is 0 Å². The Morgan fingerprint density at radius 3 is 3.38 bits per heavy atom. The van der Waals surface area contributed by atoms with Crippen LogP contribution in [0.4, 0.5) is 0 Å². The van der Waals surface area contributed by atoms with E-state index in [1.807, 2.05) is 10.9 Å². The molecule has 16 heavy (non-hydrogen) atoms. The minimum atomic E-state index is -0.350. The Hall–Kier alpha value is -0.980. The van der Waals surface area contributed by atoms with Gasteiger partial charge in [0, 0.05) is 32.1 Å². The molecule has 2 heterocycles. The van der Waals surface area contributed by atoms with Crippen molar-refractivity contribution in [1.29, 1.82) is 0 Å². The molecule has 5 nitrogen and oxygen atoms in total. The monoisotopic (exact) mass is 241 g/mol. The van der Waals surface area contributed by atoms with E-state index in [0.29, 0.717) is 13.2 Å². The molecule has 2 rings (SSSR count). The highest BCUT2D eigenvalue weighted by Crippen LogP contribution is 2.10. The highest BCUT2D eigenvalue weighted by molar-refractivity contribution is 7.07. The van der Waals surface area contributed by atoms with Gasteiger partial charge in [0.15, 0.2) is 0 Å². The van der Waals surface area contributed by atoms with E-state index in [1.54, 1.807) is 18.4 Å². The first-order valence-electron chi connectivity index (χ1n) is 5.22. The lowest BCUT2D eigenvalue weighted by atomic mass is 10.2. The maximum absolute atomic E-state index is 11.4. The zero-order valence-corrected chi connectivity index (χ0v) is 10.00. The smallest absolute Gasteiger partial charge is 0.250 e. The van der Waals surface area contributed by atoms with Crippen LogP contribution < -0.4 is 5.32 Å². The molecule has 1 aromatic rings. The van der Waals surface area contributed by atoms with Gasteiger partial charge in [-0.3, -0.25) is 9.69 Å². The first-order chi connectivity index (χ1) is 7.79. The largest absolute Gasteiger partial charge is 0.366 e. The number of hydrogen-bond donors (Lipinski definition) is 1. The van der Waals surface area contributed by atoms with Gasteiger partial charge >= 0.3 is 0 Å². The predicted molar refractivity (Wildman–Crippen MR) is 61.2 cm³/mol. The number of rotatable bonds is 3. The lowest BCUT2D eigenvalue weighted by Crippen LogP contribution is -2.48. The number of nitrogens with one attached hydrogen (secondary N) is 1. The lowest BCUT2D eigenvalue weighted by molar-refractivity contribution is -0.138. The third kappa shape index (κ3) is 2.78. The van der Waals surface area contributed by atoms with Crippen LogP contribution in [0.5, 0.6) is 0 Å². The average molecular weight is 241 g/mol. The summed E-state index contributed by atoms with van der Waals surface area (Å²) in [6.45, 7) is 2.88. The molecule has 0 radical (unpaired) electrons. The summed E-state index contributed by atoms with van der Waals surface area (Å²) in [5.74, 6) is -0.0528. The maximum atomic E-state index is 11.4. The molecule has 0 spiro atoms. The van der Waals surface area contributed by atoms with Crippen LogP contribution in [0.25, 0.3) is 0 Å². The van der Waals surface area contributed by atoms with Crippen molar-refractivity contribution < 1.29 is 9.53 Å². The maximum Gasteiger partial charge on any atom is 0.250 e. The van der Waals surface area contributed by atoms with E-state index in [4.69, 9.17) is 4.74 Å². The van der Waals surface area contributed by atoms with E-state index in [-0.39, 0.29) is 12.0 Å². The molecule has 0 saturated carbocycles. The number of carbonyl (C=O) groups is 1. The summed E-state index contributed by atoms with van der Waals surface area (Å²) in [4.78, 5) is 17.9. The van der Waals surface area contributed by atoms with Gasteiger partial charge in [0.2, 0.25) is 5.91 Å². The second-order valence-corrected chi connectivity index (χ2v) is 4.41. The van der Waals surface area contributed by atoms with E-state index in [2.05, 4.69) is 15.2 Å². The molecular formula is C10H15N3O2S. The number of aromatic nitrogens is 1. The van der Waals surface area contributed by atoms with Crippen molar-refractivity contribution in [3.05, 3.63) is 16.6 Å². The number of likely N-dealkylation sites (N-methyl/N-ethyl adjacent to an activating group) is 1. The average Bonchev–Trinajstić information content (AvgIpc) is 2.81. The molecule has 1 aliphatic heterocycles. The van der Waals surface area contributed by atoms with E-state index >= 15 is 0 Å². The zero-order chi connectivity index (χ0) is 11.4. The van der Waals surface area contributed by atoms with Gasteiger partial charge < -0.3 is 10.1 Å². The molecule has 0 aromatic carbocycles. The Morgan fingerprint density at radius 2 is 2.69 bits per heavy atom. The van der Waals surface area contributed by atoms with E-state index in [9.17, 15) is 4.79 Å². The second kappa shape index (κ2) is 5.38. The van der Waals surface area contributed by atoms with Gasteiger partial charge in [-0.1, -0.05) is 0 Å². The summed E-state index contributed by atoms with van der Waals surface area (Å²) < 4.78 is 5.41. The van der Waals surface area contributed by atoms with Crippen molar-refractivity contribution in [3.63, 3.8) is 0 Å². The highest BCUT2D eigenvalue weighted by atomic mass is 32.1. The molecule has 1 amide bonds. The number of thiazole rings is 1. The molecular weight excluding hydrogens is 226 g/mol. The number of hydrogen-bond acceptors (Lipinski definition) is 5. The minimum Gasteiger partial charge on any atom is -0.366 e. The first kappa shape index (κ1) is 11.5. The number of ether oxygens (including phenoxy) is 1. The first-order valence-corrected chi connectivity index (χ1v) is 6.16. The highest BCUT2D eigenvalue weighted by Gasteiger charge is 2.25. The standard InChI is InChI=1S/C10H15N3O2S/c1-11-10(14)9-5-13(2-3-15-9)4-8-6-16-7-12-8/h6-7,9H,2-5H2,1H3,(H,11,14)/t9-/m1/s1. The Bertz CT molecular complexity index is 342. The van der Waals surface area contributed by atoms with Gasteiger partial charge in [-0.25, -0.2) is 4.98 Å². The quantitative estimate of drug-likeness (QED) is 0.815. The Balaban J connectivity index is 1.89. The van der Waals surface area contributed by atoms with Crippen LogP contribution in [0.3, 0.4) is 0 Å². The van der Waals surface area contributed by atoms with Gasteiger partial charge in [0.25, 0.3) is 0 Å². The molecule has 0 aliphatic carbocycles. The molecule has 1 aromatic heterocycles. The van der Waals surface area contributed by atoms with Crippen molar-refractivity contribution >= 4 is 17.2 Å². The summed E-state index contributed by atoms with van der Waals surface area (Å²) in [5, 5.41) is 4.64. The van der Waals surface area contributed by atoms with Crippen molar-refractivity contribution in [2.45, 2.75) is 12.6 Å². The molecule has 1 fully saturated rings. The Kier molecular flexibility index (Phi) is 3.87. The molecule has 0 bridgehead atoms. The minimum absolute atomic E-state index is 0.0528. The molecule has 0 unspecified atom stereocenters. The molecule has 88 valence electrons. The second-order valence-electron chi connectivity index (χ2n) is 3.69. The number of morpholine rings is 1. The van der Waals surface area contributed by atoms with E-state index in [0.717, 1.165) is 18.8 Å². The summed E-state index contributed by atoms with van der Waals surface area (Å²) in [6, 6.07) is 0. The zero-order valence-electron chi connectivity index (χ0n) is 9.18. The fraction of sp³-hybridized carbons (Fsp3) is 0.600. The van der Waals surface area contributed by atoms with Gasteiger partial charge in [0.1, 0.15) is 6.10 Å². The predicted octanol–water partition coefficient (Wildman–Crippen LogP) is 0.0899. The van der Waals surface area contributed by atoms with Crippen molar-refractivity contribution in [2.75, 3.05) is 26.7 Å². The van der Waals surface area contributed by atoms with Crippen LogP contribution in [0, 0.1) is 0 Å². The van der Waals surface area contributed by atoms with Crippen LogP contribution in [-0.4, -0.2) is 48.6 Å². The topological polar surface area (TPSA) is 54.5 Å². The summed E-state index contributed by atoms with van der Waals surface area (Å²) >= 11 is 1.59. The Labute approximate surface area is 98.4 Å². The SMILES string of the molecule is CNC(=O)[C@H]1CN(Cc2cscn2)CCO1. The van der Waals surface area contributed by atoms with Gasteiger partial charge in [0.05, 0.1) is 17.8 Å². The van der Waals surface area contributed by atoms with Crippen LogP contribution in [0.15, 0.2) is 10.9 Å². The van der Waals surface area contributed by atoms with Crippen molar-refractivity contribution in [3.8, 4) is 0 Å². The summed E-state index contributed by atoms with van der Waals surface area (Å²) in [5.41, 5.74) is 2.88. The summed E-state index contributed by atoms with van der Waals surface area (Å²) in [6.07, 6.45) is -0.350. The van der Waals surface area contributed by atoms with Crippen LogP contribution >= 0.6 is 11.3 Å². The Morgan fingerprint density at radius 1 is 1.81 bits per heavy atom. The molecule has 1 aliphatic rings. The number of amides is 1. The fourth-order valence-corrected chi connectivity index (χ4v) is 2.26. The van der Waals surface area contributed by atoms with Gasteiger partial charge in [-0.05, 0) is 0 Å². The third-order valence-electron chi connectivity index (χ3n) is 2.56. The normalized spacial score (nSPS) is 21.9. The fourth-order valence-electron chi connectivity index (χ4n) is 1.71. The molecule has 1 N–H and O–H groups in total. The number of carbonyl (C=O) groups excluding carboxylic acids is 1. The van der Waals surface area contributed by atoms with Crippen molar-refractivity contribution in [2.24, 2.45) is 0 Å². The molecule has 1 atom stereocenters. The van der Waals surface area contributed by atoms with E-state index in [1.165, 1.54) is 0 Å². The van der Waals surface area contributed by atoms with Crippen molar-refractivity contribution in [1.82, 2.24) is 15.2 Å². The number of nitrogens with zero attached hydrogens (tertiary/aromatic N) is 2. The van der Waals surface area contributed by atoms with Crippen LogP contribution in [0.1, 0.15) is 5.69 Å². The van der Waals surface area contributed by atoms with Gasteiger partial charge in [-0.15, -0.1) is 11.3 Å². The molecule has 6 heteroatoms. The van der Waals surface area contributed by atoms with Crippen LogP contribution in [0.2, 0.25) is 0 Å². The summed E-state index contributed by atoms with van der Waals surface area (Å²) in [7, 11) is 1.63. The lowest BCUT2D eigenvalue weighted by Gasteiger charge is -2.31. The third-order valence-corrected chi connectivity index (χ3v) is 3.19. The van der Waals surface area contributed by atoms with Gasteiger partial charge in [-0.2, -0.15) is 0 Å².